The second-order valence-electron chi connectivity index (χ2n) is 7.83. The lowest BCUT2D eigenvalue weighted by molar-refractivity contribution is 0.189. The summed E-state index contributed by atoms with van der Waals surface area (Å²) in [5.41, 5.74) is 1.39. The van der Waals surface area contributed by atoms with E-state index in [1.54, 1.807) is 0 Å². The topological polar surface area (TPSA) is 15.7 Å². The smallest absolute Gasteiger partial charge is 0.119 e. The fourth-order valence-corrected chi connectivity index (χ4v) is 3.92. The number of benzene rings is 1. The van der Waals surface area contributed by atoms with Crippen LogP contribution in [0.15, 0.2) is 24.3 Å². The van der Waals surface area contributed by atoms with Gasteiger partial charge in [-0.3, -0.25) is 4.90 Å². The molecule has 0 aliphatic carbocycles. The van der Waals surface area contributed by atoms with Crippen molar-refractivity contribution in [3.8, 4) is 5.75 Å². The van der Waals surface area contributed by atoms with Crippen molar-refractivity contribution in [2.24, 2.45) is 5.92 Å². The third kappa shape index (κ3) is 8.79. The van der Waals surface area contributed by atoms with E-state index in [9.17, 15) is 0 Å². The Morgan fingerprint density at radius 1 is 0.923 bits per heavy atom. The molecule has 1 fully saturated rings. The van der Waals surface area contributed by atoms with Gasteiger partial charge >= 0.3 is 0 Å². The molecule has 3 nitrogen and oxygen atoms in total. The van der Waals surface area contributed by atoms with E-state index < -0.39 is 0 Å². The second-order valence-corrected chi connectivity index (χ2v) is 8.71. The van der Waals surface area contributed by atoms with Gasteiger partial charge in [-0.2, -0.15) is 0 Å². The minimum absolute atomic E-state index is 0.847. The standard InChI is InChI=1S/C22H38N2OS/c1-20(2)9-7-5-4-6-8-18-25-22-12-10-21(11-13-22)19-23-14-16-24(26-3)17-15-23/h10-13,20H,4-9,14-19H2,1-3H3. The zero-order valence-electron chi connectivity index (χ0n) is 17.1. The highest BCUT2D eigenvalue weighted by Gasteiger charge is 2.15. The van der Waals surface area contributed by atoms with Gasteiger partial charge in [-0.05, 0) is 36.3 Å². The summed E-state index contributed by atoms with van der Waals surface area (Å²) in [6, 6.07) is 8.72. The zero-order valence-corrected chi connectivity index (χ0v) is 17.9. The Hall–Kier alpha value is -0.710. The highest BCUT2D eigenvalue weighted by atomic mass is 32.2. The van der Waals surface area contributed by atoms with E-state index in [2.05, 4.69) is 53.6 Å². The number of piperazine rings is 1. The van der Waals surface area contributed by atoms with Crippen LogP contribution in [0.2, 0.25) is 0 Å². The molecule has 4 heteroatoms. The Kier molecular flexibility index (Phi) is 10.5. The first kappa shape index (κ1) is 21.6. The molecule has 0 amide bonds. The summed E-state index contributed by atoms with van der Waals surface area (Å²) >= 11 is 1.86. The minimum Gasteiger partial charge on any atom is -0.494 e. The highest BCUT2D eigenvalue weighted by Crippen LogP contribution is 2.17. The maximum absolute atomic E-state index is 5.90. The molecule has 0 aromatic heterocycles. The Morgan fingerprint density at radius 2 is 1.58 bits per heavy atom. The van der Waals surface area contributed by atoms with E-state index in [1.165, 1.54) is 57.2 Å². The first-order chi connectivity index (χ1) is 12.7. The van der Waals surface area contributed by atoms with Crippen LogP contribution in [-0.4, -0.2) is 48.2 Å². The molecule has 0 saturated carbocycles. The average Bonchev–Trinajstić information content (AvgIpc) is 2.65. The molecule has 1 heterocycles. The molecule has 0 unspecified atom stereocenters. The van der Waals surface area contributed by atoms with E-state index in [0.29, 0.717) is 0 Å². The Bertz CT molecular complexity index is 470. The number of hydrogen-bond donors (Lipinski definition) is 0. The molecule has 1 aliphatic rings. The second kappa shape index (κ2) is 12.6. The maximum Gasteiger partial charge on any atom is 0.119 e. The van der Waals surface area contributed by atoms with E-state index in [4.69, 9.17) is 4.74 Å². The van der Waals surface area contributed by atoms with E-state index in [-0.39, 0.29) is 0 Å². The Labute approximate surface area is 165 Å². The number of unbranched alkanes of at least 4 members (excludes halogenated alkanes) is 4. The molecule has 0 spiro atoms. The summed E-state index contributed by atoms with van der Waals surface area (Å²) in [6.07, 6.45) is 10.1. The van der Waals surface area contributed by atoms with Gasteiger partial charge in [0.2, 0.25) is 0 Å². The molecule has 1 saturated heterocycles. The minimum atomic E-state index is 0.847. The molecular formula is C22H38N2OS. The molecule has 26 heavy (non-hydrogen) atoms. The van der Waals surface area contributed by atoms with E-state index in [1.807, 2.05) is 11.9 Å². The van der Waals surface area contributed by atoms with Crippen LogP contribution in [0.1, 0.15) is 57.9 Å². The van der Waals surface area contributed by atoms with Crippen LogP contribution < -0.4 is 4.74 Å². The van der Waals surface area contributed by atoms with Crippen molar-refractivity contribution in [2.45, 2.75) is 58.9 Å². The largest absolute Gasteiger partial charge is 0.494 e. The van der Waals surface area contributed by atoms with Crippen LogP contribution in [0.25, 0.3) is 0 Å². The SMILES string of the molecule is CSN1CCN(Cc2ccc(OCCCCCCCC(C)C)cc2)CC1. The van der Waals surface area contributed by atoms with Crippen molar-refractivity contribution in [2.75, 3.05) is 39.0 Å². The fourth-order valence-electron chi connectivity index (χ4n) is 3.39. The van der Waals surface area contributed by atoms with Crippen molar-refractivity contribution in [3.05, 3.63) is 29.8 Å². The number of rotatable bonds is 12. The van der Waals surface area contributed by atoms with Crippen LogP contribution in [0.5, 0.6) is 5.75 Å². The summed E-state index contributed by atoms with van der Waals surface area (Å²) in [5.74, 6) is 1.86. The normalized spacial score (nSPS) is 16.3. The number of hydrogen-bond acceptors (Lipinski definition) is 4. The summed E-state index contributed by atoms with van der Waals surface area (Å²) in [5, 5.41) is 0. The van der Waals surface area contributed by atoms with Crippen molar-refractivity contribution in [3.63, 3.8) is 0 Å². The fraction of sp³-hybridized carbons (Fsp3) is 0.727. The van der Waals surface area contributed by atoms with Crippen molar-refractivity contribution < 1.29 is 4.74 Å². The number of nitrogens with zero attached hydrogens (tertiary/aromatic N) is 2. The quantitative estimate of drug-likeness (QED) is 0.354. The van der Waals surface area contributed by atoms with Gasteiger partial charge in [-0.25, -0.2) is 4.31 Å². The lowest BCUT2D eigenvalue weighted by Gasteiger charge is -2.33. The summed E-state index contributed by atoms with van der Waals surface area (Å²) in [7, 11) is 0. The van der Waals surface area contributed by atoms with Crippen LogP contribution in [-0.2, 0) is 6.54 Å². The molecule has 0 atom stereocenters. The third-order valence-electron chi connectivity index (χ3n) is 5.11. The van der Waals surface area contributed by atoms with Gasteiger partial charge < -0.3 is 4.74 Å². The summed E-state index contributed by atoms with van der Waals surface area (Å²) < 4.78 is 8.34. The highest BCUT2D eigenvalue weighted by molar-refractivity contribution is 7.96. The van der Waals surface area contributed by atoms with Gasteiger partial charge in [0.15, 0.2) is 0 Å². The molecular weight excluding hydrogens is 340 g/mol. The van der Waals surface area contributed by atoms with Crippen molar-refractivity contribution >= 4 is 11.9 Å². The molecule has 0 radical (unpaired) electrons. The first-order valence-electron chi connectivity index (χ1n) is 10.4. The average molecular weight is 379 g/mol. The lowest BCUT2D eigenvalue weighted by Crippen LogP contribution is -2.42. The van der Waals surface area contributed by atoms with Gasteiger partial charge in [-0.15, -0.1) is 0 Å². The van der Waals surface area contributed by atoms with Crippen molar-refractivity contribution in [1.29, 1.82) is 0 Å². The van der Waals surface area contributed by atoms with Crippen LogP contribution in [0, 0.1) is 5.92 Å². The van der Waals surface area contributed by atoms with Gasteiger partial charge in [0, 0.05) is 32.7 Å². The van der Waals surface area contributed by atoms with Crippen LogP contribution >= 0.6 is 11.9 Å². The zero-order chi connectivity index (χ0) is 18.6. The van der Waals surface area contributed by atoms with Crippen LogP contribution in [0.3, 0.4) is 0 Å². The van der Waals surface area contributed by atoms with Gasteiger partial charge in [-0.1, -0.05) is 70.0 Å². The predicted molar refractivity (Wildman–Crippen MR) is 115 cm³/mol. The maximum atomic E-state index is 5.90. The van der Waals surface area contributed by atoms with Gasteiger partial charge in [0.1, 0.15) is 5.75 Å². The number of ether oxygens (including phenoxy) is 1. The Morgan fingerprint density at radius 3 is 2.23 bits per heavy atom. The monoisotopic (exact) mass is 378 g/mol. The van der Waals surface area contributed by atoms with Gasteiger partial charge in [0.25, 0.3) is 0 Å². The van der Waals surface area contributed by atoms with E-state index >= 15 is 0 Å². The Balaban J connectivity index is 1.55. The molecule has 0 N–H and O–H groups in total. The van der Waals surface area contributed by atoms with Gasteiger partial charge in [0.05, 0.1) is 6.61 Å². The predicted octanol–water partition coefficient (Wildman–Crippen LogP) is 5.46. The summed E-state index contributed by atoms with van der Waals surface area (Å²) in [6.45, 7) is 11.2. The molecule has 1 aliphatic heterocycles. The molecule has 1 aromatic carbocycles. The van der Waals surface area contributed by atoms with Crippen molar-refractivity contribution in [1.82, 2.24) is 9.21 Å². The molecule has 2 rings (SSSR count). The lowest BCUT2D eigenvalue weighted by atomic mass is 10.0. The summed E-state index contributed by atoms with van der Waals surface area (Å²) in [4.78, 5) is 2.54. The first-order valence-corrected chi connectivity index (χ1v) is 11.6. The molecule has 0 bridgehead atoms. The molecule has 148 valence electrons. The third-order valence-corrected chi connectivity index (χ3v) is 6.00. The van der Waals surface area contributed by atoms with E-state index in [0.717, 1.165) is 37.9 Å². The molecule has 1 aromatic rings. The van der Waals surface area contributed by atoms with Crippen LogP contribution in [0.4, 0.5) is 0 Å².